The first-order valence-corrected chi connectivity index (χ1v) is 9.96. The number of nitrogens with two attached hydrogens (primary N) is 1. The second-order valence-corrected chi connectivity index (χ2v) is 9.07. The smallest absolute Gasteiger partial charge is 0.215 e. The molecule has 21 heavy (non-hydrogen) atoms. The van der Waals surface area contributed by atoms with E-state index in [0.29, 0.717) is 23.9 Å². The molecule has 2 rings (SSSR count). The van der Waals surface area contributed by atoms with Gasteiger partial charge in [0.25, 0.3) is 0 Å². The highest BCUT2D eigenvalue weighted by Crippen LogP contribution is 2.31. The van der Waals surface area contributed by atoms with Crippen LogP contribution in [0.15, 0.2) is 29.2 Å². The van der Waals surface area contributed by atoms with Crippen LogP contribution >= 0.6 is 11.8 Å². The van der Waals surface area contributed by atoms with Crippen LogP contribution in [-0.2, 0) is 10.0 Å². The van der Waals surface area contributed by atoms with Crippen LogP contribution in [0.2, 0.25) is 0 Å². The summed E-state index contributed by atoms with van der Waals surface area (Å²) in [5, 5.41) is 0. The summed E-state index contributed by atoms with van der Waals surface area (Å²) in [6.07, 6.45) is 2.01. The van der Waals surface area contributed by atoms with Gasteiger partial charge in [-0.05, 0) is 30.9 Å². The molecule has 118 valence electrons. The van der Waals surface area contributed by atoms with Crippen LogP contribution in [0, 0.1) is 5.92 Å². The van der Waals surface area contributed by atoms with Crippen molar-refractivity contribution in [3.63, 3.8) is 0 Å². The quantitative estimate of drug-likeness (QED) is 0.589. The maximum atomic E-state index is 12.5. The van der Waals surface area contributed by atoms with E-state index in [1.165, 1.54) is 11.8 Å². The Morgan fingerprint density at radius 2 is 2.00 bits per heavy atom. The van der Waals surface area contributed by atoms with Gasteiger partial charge < -0.3 is 5.73 Å². The standard InChI is InChI=1S/C15H24N2O2S2/c1-12(2)11-17(13-7-8-13)21(18,19)10-9-20-15-6-4-3-5-14(15)16/h3-6,12-13H,7-11,16H2,1-2H3. The molecule has 2 N–H and O–H groups in total. The van der Waals surface area contributed by atoms with Crippen molar-refractivity contribution in [1.82, 2.24) is 4.31 Å². The number of para-hydroxylation sites is 1. The SMILES string of the molecule is CC(C)CN(C1CC1)S(=O)(=O)CCSc1ccccc1N. The van der Waals surface area contributed by atoms with E-state index in [4.69, 9.17) is 5.73 Å². The van der Waals surface area contributed by atoms with Gasteiger partial charge >= 0.3 is 0 Å². The number of benzene rings is 1. The fourth-order valence-corrected chi connectivity index (χ4v) is 5.43. The first-order chi connectivity index (χ1) is 9.90. The van der Waals surface area contributed by atoms with Crippen molar-refractivity contribution >= 4 is 27.5 Å². The molecule has 0 spiro atoms. The fraction of sp³-hybridized carbons (Fsp3) is 0.600. The van der Waals surface area contributed by atoms with Crippen LogP contribution in [0.3, 0.4) is 0 Å². The van der Waals surface area contributed by atoms with E-state index in [0.717, 1.165) is 17.7 Å². The predicted molar refractivity (Wildman–Crippen MR) is 89.9 cm³/mol. The van der Waals surface area contributed by atoms with E-state index in [-0.39, 0.29) is 11.8 Å². The summed E-state index contributed by atoms with van der Waals surface area (Å²) >= 11 is 1.51. The topological polar surface area (TPSA) is 63.4 Å². The molecule has 4 nitrogen and oxygen atoms in total. The Hall–Kier alpha value is -0.720. The molecule has 0 heterocycles. The maximum Gasteiger partial charge on any atom is 0.215 e. The first kappa shape index (κ1) is 16.6. The molecule has 0 aromatic heterocycles. The highest BCUT2D eigenvalue weighted by molar-refractivity contribution is 8.00. The van der Waals surface area contributed by atoms with E-state index < -0.39 is 10.0 Å². The first-order valence-electron chi connectivity index (χ1n) is 7.37. The van der Waals surface area contributed by atoms with E-state index in [1.807, 2.05) is 24.3 Å². The van der Waals surface area contributed by atoms with Gasteiger partial charge in [0.05, 0.1) is 5.75 Å². The largest absolute Gasteiger partial charge is 0.398 e. The molecule has 1 aliphatic carbocycles. The Labute approximate surface area is 132 Å². The number of anilines is 1. The number of rotatable bonds is 8. The molecule has 0 saturated heterocycles. The number of nitrogens with zero attached hydrogens (tertiary/aromatic N) is 1. The van der Waals surface area contributed by atoms with Crippen molar-refractivity contribution in [3.05, 3.63) is 24.3 Å². The Morgan fingerprint density at radius 3 is 2.57 bits per heavy atom. The lowest BCUT2D eigenvalue weighted by atomic mass is 10.2. The van der Waals surface area contributed by atoms with Gasteiger partial charge in [0.2, 0.25) is 10.0 Å². The monoisotopic (exact) mass is 328 g/mol. The molecule has 0 bridgehead atoms. The zero-order valence-corrected chi connectivity index (χ0v) is 14.3. The van der Waals surface area contributed by atoms with E-state index in [9.17, 15) is 8.42 Å². The zero-order chi connectivity index (χ0) is 15.5. The van der Waals surface area contributed by atoms with E-state index in [2.05, 4.69) is 13.8 Å². The highest BCUT2D eigenvalue weighted by Gasteiger charge is 2.36. The van der Waals surface area contributed by atoms with Crippen molar-refractivity contribution in [3.8, 4) is 0 Å². The molecular weight excluding hydrogens is 304 g/mol. The molecular formula is C15H24N2O2S2. The molecule has 1 fully saturated rings. The molecule has 1 saturated carbocycles. The molecule has 1 aliphatic rings. The molecule has 6 heteroatoms. The van der Waals surface area contributed by atoms with Crippen molar-refractivity contribution in [1.29, 1.82) is 0 Å². The molecule has 0 aliphatic heterocycles. The predicted octanol–water partition coefficient (Wildman–Crippen LogP) is 2.81. The summed E-state index contributed by atoms with van der Waals surface area (Å²) in [6, 6.07) is 7.81. The summed E-state index contributed by atoms with van der Waals surface area (Å²) in [5.41, 5.74) is 6.58. The van der Waals surface area contributed by atoms with Crippen molar-refractivity contribution in [2.75, 3.05) is 23.8 Å². The normalized spacial score (nSPS) is 15.8. The molecule has 0 unspecified atom stereocenters. The molecule has 1 aromatic carbocycles. The van der Waals surface area contributed by atoms with Crippen molar-refractivity contribution in [2.45, 2.75) is 37.6 Å². The van der Waals surface area contributed by atoms with Crippen LogP contribution in [-0.4, -0.2) is 36.8 Å². The van der Waals surface area contributed by atoms with Crippen LogP contribution in [0.5, 0.6) is 0 Å². The number of thioether (sulfide) groups is 1. The Morgan fingerprint density at radius 1 is 1.33 bits per heavy atom. The fourth-order valence-electron chi connectivity index (χ4n) is 2.20. The minimum absolute atomic E-state index is 0.176. The summed E-state index contributed by atoms with van der Waals surface area (Å²) in [4.78, 5) is 0.953. The minimum Gasteiger partial charge on any atom is -0.398 e. The molecule has 1 aromatic rings. The van der Waals surface area contributed by atoms with E-state index >= 15 is 0 Å². The van der Waals surface area contributed by atoms with Crippen molar-refractivity contribution < 1.29 is 8.42 Å². The lowest BCUT2D eigenvalue weighted by molar-refractivity contribution is 0.361. The highest BCUT2D eigenvalue weighted by atomic mass is 32.2. The summed E-state index contributed by atoms with van der Waals surface area (Å²) < 4.78 is 26.7. The third-order valence-corrected chi connectivity index (χ3v) is 6.61. The van der Waals surface area contributed by atoms with Gasteiger partial charge in [-0.3, -0.25) is 0 Å². The average molecular weight is 329 g/mol. The molecule has 0 radical (unpaired) electrons. The van der Waals surface area contributed by atoms with Crippen LogP contribution < -0.4 is 5.73 Å². The molecule has 0 atom stereocenters. The second-order valence-electron chi connectivity index (χ2n) is 5.90. The van der Waals surface area contributed by atoms with Gasteiger partial charge in [-0.15, -0.1) is 11.8 Å². The Balaban J connectivity index is 1.92. The zero-order valence-electron chi connectivity index (χ0n) is 12.7. The Bertz CT molecular complexity index is 569. The number of nitrogen functional groups attached to an aromatic ring is 1. The van der Waals surface area contributed by atoms with Gasteiger partial charge in [-0.2, -0.15) is 4.31 Å². The van der Waals surface area contributed by atoms with E-state index in [1.54, 1.807) is 4.31 Å². The van der Waals surface area contributed by atoms with Gasteiger partial charge in [0.15, 0.2) is 0 Å². The summed E-state index contributed by atoms with van der Waals surface area (Å²) in [6.45, 7) is 4.75. The lowest BCUT2D eigenvalue weighted by Crippen LogP contribution is -2.38. The van der Waals surface area contributed by atoms with Gasteiger partial charge in [0, 0.05) is 28.9 Å². The van der Waals surface area contributed by atoms with Crippen LogP contribution in [0.4, 0.5) is 5.69 Å². The summed E-state index contributed by atoms with van der Waals surface area (Å²) in [7, 11) is -3.17. The van der Waals surface area contributed by atoms with Gasteiger partial charge in [0.1, 0.15) is 0 Å². The minimum atomic E-state index is -3.17. The van der Waals surface area contributed by atoms with Crippen molar-refractivity contribution in [2.24, 2.45) is 5.92 Å². The number of hydrogen-bond acceptors (Lipinski definition) is 4. The average Bonchev–Trinajstić information content (AvgIpc) is 3.22. The second kappa shape index (κ2) is 7.03. The van der Waals surface area contributed by atoms with Gasteiger partial charge in [-0.1, -0.05) is 26.0 Å². The molecule has 0 amide bonds. The summed E-state index contributed by atoms with van der Waals surface area (Å²) in [5.74, 6) is 1.07. The Kier molecular flexibility index (Phi) is 5.57. The van der Waals surface area contributed by atoms with Crippen LogP contribution in [0.1, 0.15) is 26.7 Å². The third-order valence-electron chi connectivity index (χ3n) is 3.37. The maximum absolute atomic E-state index is 12.5. The van der Waals surface area contributed by atoms with Crippen LogP contribution in [0.25, 0.3) is 0 Å². The third kappa shape index (κ3) is 4.90. The van der Waals surface area contributed by atoms with Gasteiger partial charge in [-0.25, -0.2) is 8.42 Å². The number of hydrogen-bond donors (Lipinski definition) is 1. The lowest BCUT2D eigenvalue weighted by Gasteiger charge is -2.23. The number of sulfonamides is 1.